The Morgan fingerprint density at radius 1 is 1.17 bits per heavy atom. The maximum atomic E-state index is 13.7. The quantitative estimate of drug-likeness (QED) is 0.833. The van der Waals surface area contributed by atoms with Gasteiger partial charge in [0.2, 0.25) is 0 Å². The molecule has 0 aliphatic rings. The Labute approximate surface area is 106 Å². The van der Waals surface area contributed by atoms with E-state index < -0.39 is 5.82 Å². The number of nitrogen functional groups attached to an aromatic ring is 1. The summed E-state index contributed by atoms with van der Waals surface area (Å²) < 4.78 is 19.3. The van der Waals surface area contributed by atoms with E-state index in [9.17, 15) is 4.39 Å². The Kier molecular flexibility index (Phi) is 3.51. The number of hydrogen-bond donors (Lipinski definition) is 1. The summed E-state index contributed by atoms with van der Waals surface area (Å²) in [6.45, 7) is 3.72. The zero-order chi connectivity index (χ0) is 13.1. The second-order valence-corrected chi connectivity index (χ2v) is 4.31. The van der Waals surface area contributed by atoms with E-state index in [4.69, 9.17) is 10.5 Å². The normalized spacial score (nSPS) is 12.2. The molecular weight excluding hydrogens is 229 g/mol. The van der Waals surface area contributed by atoms with Crippen LogP contribution in [-0.4, -0.2) is 0 Å². The maximum absolute atomic E-state index is 13.7. The largest absolute Gasteiger partial charge is 0.483 e. The molecule has 2 aromatic rings. The second kappa shape index (κ2) is 5.08. The van der Waals surface area contributed by atoms with Gasteiger partial charge in [-0.1, -0.05) is 30.3 Å². The van der Waals surface area contributed by atoms with E-state index in [-0.39, 0.29) is 11.9 Å². The lowest BCUT2D eigenvalue weighted by Crippen LogP contribution is -2.05. The Morgan fingerprint density at radius 3 is 2.50 bits per heavy atom. The fourth-order valence-corrected chi connectivity index (χ4v) is 1.74. The molecule has 2 rings (SSSR count). The van der Waals surface area contributed by atoms with Crippen LogP contribution < -0.4 is 10.5 Å². The molecule has 1 atom stereocenters. The fourth-order valence-electron chi connectivity index (χ4n) is 1.74. The van der Waals surface area contributed by atoms with E-state index in [1.54, 1.807) is 6.07 Å². The van der Waals surface area contributed by atoms with Gasteiger partial charge in [0, 0.05) is 11.8 Å². The highest BCUT2D eigenvalue weighted by atomic mass is 19.1. The van der Waals surface area contributed by atoms with Crippen LogP contribution in [0.4, 0.5) is 10.1 Å². The molecule has 0 spiro atoms. The van der Waals surface area contributed by atoms with Crippen molar-refractivity contribution in [1.82, 2.24) is 0 Å². The third kappa shape index (κ3) is 2.62. The first-order valence-electron chi connectivity index (χ1n) is 5.85. The smallest absolute Gasteiger partial charge is 0.167 e. The van der Waals surface area contributed by atoms with Crippen molar-refractivity contribution in [2.45, 2.75) is 20.0 Å². The van der Waals surface area contributed by atoms with Gasteiger partial charge in [-0.3, -0.25) is 0 Å². The topological polar surface area (TPSA) is 35.2 Å². The molecule has 2 N–H and O–H groups in total. The van der Waals surface area contributed by atoms with Crippen molar-refractivity contribution < 1.29 is 9.13 Å². The number of anilines is 1. The Balaban J connectivity index is 2.22. The molecule has 0 bridgehead atoms. The minimum Gasteiger partial charge on any atom is -0.483 e. The van der Waals surface area contributed by atoms with Gasteiger partial charge >= 0.3 is 0 Å². The van der Waals surface area contributed by atoms with Crippen LogP contribution in [0.5, 0.6) is 5.75 Å². The Hall–Kier alpha value is -2.03. The number of hydrogen-bond acceptors (Lipinski definition) is 2. The zero-order valence-electron chi connectivity index (χ0n) is 10.5. The molecule has 0 amide bonds. The molecule has 0 aliphatic carbocycles. The molecule has 0 aliphatic heterocycles. The van der Waals surface area contributed by atoms with Crippen molar-refractivity contribution in [2.24, 2.45) is 0 Å². The van der Waals surface area contributed by atoms with Crippen molar-refractivity contribution in [1.29, 1.82) is 0 Å². The minimum absolute atomic E-state index is 0.205. The van der Waals surface area contributed by atoms with Gasteiger partial charge in [0.05, 0.1) is 0 Å². The van der Waals surface area contributed by atoms with E-state index >= 15 is 0 Å². The summed E-state index contributed by atoms with van der Waals surface area (Å²) >= 11 is 0. The number of benzene rings is 2. The summed E-state index contributed by atoms with van der Waals surface area (Å²) in [5.41, 5.74) is 7.89. The van der Waals surface area contributed by atoms with Crippen LogP contribution in [0.3, 0.4) is 0 Å². The van der Waals surface area contributed by atoms with Gasteiger partial charge < -0.3 is 10.5 Å². The molecular formula is C15H16FNO. The van der Waals surface area contributed by atoms with Crippen molar-refractivity contribution in [3.63, 3.8) is 0 Å². The summed E-state index contributed by atoms with van der Waals surface area (Å²) in [7, 11) is 0. The molecule has 0 fully saturated rings. The third-order valence-corrected chi connectivity index (χ3v) is 2.89. The van der Waals surface area contributed by atoms with Crippen molar-refractivity contribution in [3.8, 4) is 5.75 Å². The molecule has 18 heavy (non-hydrogen) atoms. The van der Waals surface area contributed by atoms with E-state index in [0.29, 0.717) is 5.69 Å². The maximum Gasteiger partial charge on any atom is 0.167 e. The number of halogens is 1. The van der Waals surface area contributed by atoms with Crippen LogP contribution >= 0.6 is 0 Å². The van der Waals surface area contributed by atoms with Crippen LogP contribution in [0.25, 0.3) is 0 Å². The zero-order valence-corrected chi connectivity index (χ0v) is 10.5. The van der Waals surface area contributed by atoms with Crippen LogP contribution in [-0.2, 0) is 0 Å². The lowest BCUT2D eigenvalue weighted by Gasteiger charge is -2.16. The highest BCUT2D eigenvalue weighted by Crippen LogP contribution is 2.27. The van der Waals surface area contributed by atoms with Crippen LogP contribution in [0.2, 0.25) is 0 Å². The molecule has 1 unspecified atom stereocenters. The standard InChI is InChI=1S/C15H16FNO/c1-10-8-15(13(16)9-14(10)17)18-11(2)12-6-4-3-5-7-12/h3-9,11H,17H2,1-2H3. The Bertz CT molecular complexity index is 540. The van der Waals surface area contributed by atoms with E-state index in [2.05, 4.69) is 0 Å². The highest BCUT2D eigenvalue weighted by Gasteiger charge is 2.11. The predicted molar refractivity (Wildman–Crippen MR) is 71.0 cm³/mol. The fraction of sp³-hybridized carbons (Fsp3) is 0.200. The molecule has 94 valence electrons. The molecule has 0 aromatic heterocycles. The van der Waals surface area contributed by atoms with E-state index in [0.717, 1.165) is 11.1 Å². The highest BCUT2D eigenvalue weighted by molar-refractivity contribution is 5.50. The summed E-state index contributed by atoms with van der Waals surface area (Å²) in [4.78, 5) is 0. The number of rotatable bonds is 3. The first kappa shape index (κ1) is 12.4. The second-order valence-electron chi connectivity index (χ2n) is 4.31. The average molecular weight is 245 g/mol. The van der Waals surface area contributed by atoms with Crippen LogP contribution in [0.15, 0.2) is 42.5 Å². The summed E-state index contributed by atoms with van der Waals surface area (Å²) in [5.74, 6) is -0.195. The van der Waals surface area contributed by atoms with Crippen LogP contribution in [0.1, 0.15) is 24.2 Å². The SMILES string of the molecule is Cc1cc(OC(C)c2ccccc2)c(F)cc1N. The van der Waals surface area contributed by atoms with Crippen molar-refractivity contribution in [3.05, 3.63) is 59.4 Å². The molecule has 2 nitrogen and oxygen atoms in total. The molecule has 0 radical (unpaired) electrons. The van der Waals surface area contributed by atoms with Gasteiger partial charge in [-0.2, -0.15) is 0 Å². The lowest BCUT2D eigenvalue weighted by molar-refractivity contribution is 0.216. The van der Waals surface area contributed by atoms with Crippen molar-refractivity contribution in [2.75, 3.05) is 5.73 Å². The summed E-state index contributed by atoms with van der Waals surface area (Å²) in [5, 5.41) is 0. The van der Waals surface area contributed by atoms with Crippen LogP contribution in [0, 0.1) is 12.7 Å². The van der Waals surface area contributed by atoms with Gasteiger partial charge in [-0.05, 0) is 31.0 Å². The molecule has 0 saturated heterocycles. The molecule has 0 saturated carbocycles. The van der Waals surface area contributed by atoms with Gasteiger partial charge in [0.1, 0.15) is 6.10 Å². The van der Waals surface area contributed by atoms with E-state index in [1.807, 2.05) is 44.2 Å². The first-order valence-corrected chi connectivity index (χ1v) is 5.85. The van der Waals surface area contributed by atoms with Gasteiger partial charge in [0.15, 0.2) is 11.6 Å². The summed E-state index contributed by atoms with van der Waals surface area (Å²) in [6, 6.07) is 12.6. The van der Waals surface area contributed by atoms with Gasteiger partial charge in [-0.25, -0.2) is 4.39 Å². The van der Waals surface area contributed by atoms with Crippen molar-refractivity contribution >= 4 is 5.69 Å². The predicted octanol–water partition coefficient (Wildman–Crippen LogP) is 3.86. The van der Waals surface area contributed by atoms with Gasteiger partial charge in [0.25, 0.3) is 0 Å². The molecule has 0 heterocycles. The van der Waals surface area contributed by atoms with E-state index in [1.165, 1.54) is 6.07 Å². The lowest BCUT2D eigenvalue weighted by atomic mass is 10.1. The number of aryl methyl sites for hydroxylation is 1. The minimum atomic E-state index is -0.430. The average Bonchev–Trinajstić information content (AvgIpc) is 2.37. The monoisotopic (exact) mass is 245 g/mol. The Morgan fingerprint density at radius 2 is 1.83 bits per heavy atom. The number of nitrogens with two attached hydrogens (primary N) is 1. The third-order valence-electron chi connectivity index (χ3n) is 2.89. The first-order chi connectivity index (χ1) is 8.58. The summed E-state index contributed by atoms with van der Waals surface area (Å²) in [6.07, 6.45) is -0.205. The number of ether oxygens (including phenoxy) is 1. The van der Waals surface area contributed by atoms with Gasteiger partial charge in [-0.15, -0.1) is 0 Å². The molecule has 3 heteroatoms. The molecule has 2 aromatic carbocycles.